The summed E-state index contributed by atoms with van der Waals surface area (Å²) in [5, 5.41) is 15.4. The third kappa shape index (κ3) is 3.22. The van der Waals surface area contributed by atoms with Crippen molar-refractivity contribution in [3.05, 3.63) is 65.0 Å². The van der Waals surface area contributed by atoms with Crippen molar-refractivity contribution in [1.29, 1.82) is 0 Å². The molecule has 2 aromatic carbocycles. The maximum absolute atomic E-state index is 4.55. The van der Waals surface area contributed by atoms with Gasteiger partial charge in [-0.15, -0.1) is 0 Å². The van der Waals surface area contributed by atoms with E-state index in [2.05, 4.69) is 77.9 Å². The van der Waals surface area contributed by atoms with E-state index in [0.29, 0.717) is 6.04 Å². The molecule has 0 saturated heterocycles. The van der Waals surface area contributed by atoms with E-state index in [1.165, 1.54) is 21.9 Å². The molecule has 0 amide bonds. The first-order valence-corrected chi connectivity index (χ1v) is 9.09. The van der Waals surface area contributed by atoms with Crippen LogP contribution >= 0.6 is 0 Å². The molecular weight excluding hydrogens is 308 g/mol. The lowest BCUT2D eigenvalue weighted by Gasteiger charge is -2.19. The monoisotopic (exact) mass is 332 g/mol. The van der Waals surface area contributed by atoms with Crippen molar-refractivity contribution < 1.29 is 0 Å². The van der Waals surface area contributed by atoms with Gasteiger partial charge in [0.1, 0.15) is 5.69 Å². The molecule has 0 fully saturated rings. The highest BCUT2D eigenvalue weighted by Gasteiger charge is 2.16. The number of benzene rings is 2. The van der Waals surface area contributed by atoms with E-state index >= 15 is 0 Å². The van der Waals surface area contributed by atoms with Crippen molar-refractivity contribution in [3.8, 4) is 0 Å². The van der Waals surface area contributed by atoms with Crippen LogP contribution in [-0.4, -0.2) is 21.5 Å². The molecule has 4 nitrogen and oxygen atoms in total. The summed E-state index contributed by atoms with van der Waals surface area (Å²) in [6.07, 6.45) is 4.26. The molecule has 0 spiro atoms. The van der Waals surface area contributed by atoms with E-state index in [1.54, 1.807) is 4.80 Å². The van der Waals surface area contributed by atoms with Gasteiger partial charge in [0.05, 0.1) is 12.2 Å². The molecule has 4 rings (SSSR count). The van der Waals surface area contributed by atoms with Crippen LogP contribution in [0.1, 0.15) is 43.3 Å². The Morgan fingerprint density at radius 1 is 1.08 bits per heavy atom. The summed E-state index contributed by atoms with van der Waals surface area (Å²) >= 11 is 0. The number of nitrogens with one attached hydrogen (secondary N) is 1. The van der Waals surface area contributed by atoms with Gasteiger partial charge >= 0.3 is 0 Å². The van der Waals surface area contributed by atoms with E-state index < -0.39 is 0 Å². The Bertz CT molecular complexity index is 917. The predicted molar refractivity (Wildman–Crippen MR) is 102 cm³/mol. The Kier molecular flexibility index (Phi) is 4.36. The highest BCUT2D eigenvalue weighted by atomic mass is 15.5. The van der Waals surface area contributed by atoms with Gasteiger partial charge in [0.15, 0.2) is 0 Å². The summed E-state index contributed by atoms with van der Waals surface area (Å²) in [6, 6.07) is 15.4. The zero-order valence-corrected chi connectivity index (χ0v) is 14.9. The van der Waals surface area contributed by atoms with Crippen LogP contribution in [-0.2, 0) is 13.0 Å². The average Bonchev–Trinajstić information content (AvgIpc) is 3.08. The average molecular weight is 332 g/mol. The topological polar surface area (TPSA) is 42.7 Å². The Labute approximate surface area is 148 Å². The molecule has 1 aromatic heterocycles. The Morgan fingerprint density at radius 2 is 1.92 bits per heavy atom. The third-order valence-electron chi connectivity index (χ3n) is 4.99. The van der Waals surface area contributed by atoms with Crippen LogP contribution in [0.2, 0.25) is 0 Å². The molecule has 1 heterocycles. The molecule has 3 aromatic rings. The normalized spacial score (nSPS) is 15.0. The lowest BCUT2D eigenvalue weighted by Crippen LogP contribution is -2.22. The first-order valence-electron chi connectivity index (χ1n) is 9.09. The molecule has 25 heavy (non-hydrogen) atoms. The van der Waals surface area contributed by atoms with Gasteiger partial charge in [-0.1, -0.05) is 48.0 Å². The van der Waals surface area contributed by atoms with E-state index in [4.69, 9.17) is 0 Å². The number of hydrogen-bond acceptors (Lipinski definition) is 3. The second-order valence-corrected chi connectivity index (χ2v) is 6.69. The fraction of sp³-hybridized carbons (Fsp3) is 0.333. The molecule has 1 N–H and O–H groups in total. The van der Waals surface area contributed by atoms with Gasteiger partial charge in [-0.3, -0.25) is 0 Å². The number of hydrogen-bond donors (Lipinski definition) is 1. The van der Waals surface area contributed by atoms with Gasteiger partial charge in [-0.25, -0.2) is 0 Å². The van der Waals surface area contributed by atoms with Gasteiger partial charge in [-0.2, -0.15) is 15.0 Å². The summed E-state index contributed by atoms with van der Waals surface area (Å²) in [4.78, 5) is 1.79. The van der Waals surface area contributed by atoms with Gasteiger partial charge in [0.2, 0.25) is 0 Å². The van der Waals surface area contributed by atoms with Gasteiger partial charge < -0.3 is 5.32 Å². The van der Waals surface area contributed by atoms with Crippen molar-refractivity contribution in [2.75, 3.05) is 6.54 Å². The maximum atomic E-state index is 4.55. The van der Waals surface area contributed by atoms with Crippen molar-refractivity contribution in [1.82, 2.24) is 20.3 Å². The smallest absolute Gasteiger partial charge is 0.109 e. The molecule has 0 radical (unpaired) electrons. The number of nitrogens with zero attached hydrogens (tertiary/aromatic N) is 3. The number of fused-ring (bicyclic) bond motifs is 2. The van der Waals surface area contributed by atoms with E-state index in [0.717, 1.165) is 37.3 Å². The van der Waals surface area contributed by atoms with Crippen molar-refractivity contribution in [2.24, 2.45) is 0 Å². The lowest BCUT2D eigenvalue weighted by atomic mass is 9.97. The third-order valence-corrected chi connectivity index (χ3v) is 4.99. The Balaban J connectivity index is 1.49. The van der Waals surface area contributed by atoms with Crippen LogP contribution in [0, 0.1) is 0 Å². The van der Waals surface area contributed by atoms with Gasteiger partial charge in [0.25, 0.3) is 0 Å². The minimum absolute atomic E-state index is 0.305. The minimum atomic E-state index is 0.305. The molecule has 0 unspecified atom stereocenters. The van der Waals surface area contributed by atoms with E-state index in [1.807, 2.05) is 0 Å². The van der Waals surface area contributed by atoms with E-state index in [9.17, 15) is 0 Å². The number of aromatic nitrogens is 3. The zero-order chi connectivity index (χ0) is 17.2. The molecule has 4 heteroatoms. The second kappa shape index (κ2) is 6.81. The summed E-state index contributed by atoms with van der Waals surface area (Å²) in [7, 11) is 0. The zero-order valence-electron chi connectivity index (χ0n) is 14.9. The second-order valence-electron chi connectivity index (χ2n) is 6.69. The molecule has 0 bridgehead atoms. The van der Waals surface area contributed by atoms with Crippen LogP contribution in [0.5, 0.6) is 0 Å². The first kappa shape index (κ1) is 16.0. The molecule has 1 aliphatic carbocycles. The van der Waals surface area contributed by atoms with Gasteiger partial charge in [0, 0.05) is 12.6 Å². The first-order chi connectivity index (χ1) is 12.2. The summed E-state index contributed by atoms with van der Waals surface area (Å²) in [6.45, 7) is 6.03. The summed E-state index contributed by atoms with van der Waals surface area (Å²) in [5.74, 6) is 0. The highest BCUT2D eigenvalue weighted by Crippen LogP contribution is 2.25. The lowest BCUT2D eigenvalue weighted by molar-refractivity contribution is 0.563. The van der Waals surface area contributed by atoms with Crippen molar-refractivity contribution in [3.63, 3.8) is 0 Å². The quantitative estimate of drug-likeness (QED) is 0.764. The van der Waals surface area contributed by atoms with Crippen LogP contribution in [0.4, 0.5) is 0 Å². The Morgan fingerprint density at radius 3 is 2.80 bits per heavy atom. The van der Waals surface area contributed by atoms with Crippen LogP contribution in [0.15, 0.2) is 48.0 Å². The fourth-order valence-corrected chi connectivity index (χ4v) is 3.53. The van der Waals surface area contributed by atoms with Crippen LogP contribution < -0.4 is 5.32 Å². The molecule has 0 aliphatic heterocycles. The number of aryl methyl sites for hydroxylation is 2. The standard InChI is InChI=1S/C21H24N4/c1-3-25-23-20-12-11-16(13-21(20)24-25)14-22-15(2)18-10-6-8-17-7-4-5-9-19(17)18/h4-10,13,15,22H,3,11-12,14H2,1-2H3/t15-/m1/s1. The highest BCUT2D eigenvalue weighted by molar-refractivity contribution is 5.86. The largest absolute Gasteiger partial charge is 0.306 e. The molecule has 0 saturated carbocycles. The van der Waals surface area contributed by atoms with Crippen LogP contribution in [0.3, 0.4) is 0 Å². The predicted octanol–water partition coefficient (Wildman–Crippen LogP) is 4.13. The van der Waals surface area contributed by atoms with Gasteiger partial charge in [-0.05, 0) is 49.1 Å². The number of rotatable bonds is 5. The summed E-state index contributed by atoms with van der Waals surface area (Å²) in [5.41, 5.74) is 4.94. The fourth-order valence-electron chi connectivity index (χ4n) is 3.53. The SMILES string of the molecule is CCn1nc2c(n1)CCC(CN[C@H](C)c1cccc3ccccc13)=C2. The molecular formula is C21H24N4. The maximum Gasteiger partial charge on any atom is 0.109 e. The van der Waals surface area contributed by atoms with Crippen molar-refractivity contribution >= 4 is 16.8 Å². The molecule has 1 aliphatic rings. The minimum Gasteiger partial charge on any atom is -0.306 e. The van der Waals surface area contributed by atoms with Crippen LogP contribution in [0.25, 0.3) is 16.8 Å². The summed E-state index contributed by atoms with van der Waals surface area (Å²) < 4.78 is 0. The van der Waals surface area contributed by atoms with Crippen molar-refractivity contribution in [2.45, 2.75) is 39.3 Å². The Hall–Kier alpha value is -2.46. The molecule has 128 valence electrons. The molecule has 1 atom stereocenters. The van der Waals surface area contributed by atoms with E-state index in [-0.39, 0.29) is 0 Å².